The quantitative estimate of drug-likeness (QED) is 0.482. The van der Waals surface area contributed by atoms with Gasteiger partial charge in [0.1, 0.15) is 5.56 Å². The second-order valence-electron chi connectivity index (χ2n) is 4.68. The molecule has 0 aromatic rings. The van der Waals surface area contributed by atoms with Crippen LogP contribution in [0.3, 0.4) is 0 Å². The van der Waals surface area contributed by atoms with Crippen LogP contribution < -0.4 is 0 Å². The van der Waals surface area contributed by atoms with Gasteiger partial charge in [0.15, 0.2) is 0 Å². The van der Waals surface area contributed by atoms with Crippen molar-refractivity contribution in [3.05, 3.63) is 0 Å². The topological polar surface area (TPSA) is 9.23 Å². The molecule has 0 aromatic heterocycles. The lowest BCUT2D eigenvalue weighted by molar-refractivity contribution is 0.0375. The summed E-state index contributed by atoms with van der Waals surface area (Å²) in [7, 11) is 0. The normalized spacial score (nSPS) is 15.4. The first kappa shape index (κ1) is 16.2. The summed E-state index contributed by atoms with van der Waals surface area (Å²) in [5.74, 6) is 1.20. The standard InChI is InChI=1S/C14H29ClO/c1-5-9-10-12(6-2)11-16-14(15)13(7-3)8-4/h12-14H,5-11H2,1-4H3. The van der Waals surface area contributed by atoms with Crippen molar-refractivity contribution in [3.63, 3.8) is 0 Å². The lowest BCUT2D eigenvalue weighted by Crippen LogP contribution is -2.21. The maximum Gasteiger partial charge on any atom is 0.133 e. The van der Waals surface area contributed by atoms with Crippen molar-refractivity contribution in [1.82, 2.24) is 0 Å². The molecule has 2 atom stereocenters. The number of hydrogen-bond acceptors (Lipinski definition) is 1. The zero-order valence-electron chi connectivity index (χ0n) is 11.5. The van der Waals surface area contributed by atoms with E-state index in [0.717, 1.165) is 19.4 Å². The Morgan fingerprint density at radius 1 is 1.00 bits per heavy atom. The van der Waals surface area contributed by atoms with Gasteiger partial charge in [-0.25, -0.2) is 0 Å². The van der Waals surface area contributed by atoms with Crippen LogP contribution in [0.1, 0.15) is 66.2 Å². The van der Waals surface area contributed by atoms with Gasteiger partial charge in [-0.05, 0) is 31.1 Å². The average molecular weight is 249 g/mol. The average Bonchev–Trinajstić information content (AvgIpc) is 2.31. The molecule has 0 saturated carbocycles. The Hall–Kier alpha value is 0.250. The summed E-state index contributed by atoms with van der Waals surface area (Å²) < 4.78 is 5.80. The summed E-state index contributed by atoms with van der Waals surface area (Å²) in [5, 5.41) is 0. The highest BCUT2D eigenvalue weighted by Gasteiger charge is 2.17. The molecule has 0 rings (SSSR count). The first-order valence-corrected chi connectivity index (χ1v) is 7.38. The van der Waals surface area contributed by atoms with Gasteiger partial charge in [-0.15, -0.1) is 0 Å². The molecule has 0 aromatic carbocycles. The van der Waals surface area contributed by atoms with Crippen LogP contribution in [0.5, 0.6) is 0 Å². The van der Waals surface area contributed by atoms with Crippen LogP contribution in [0.4, 0.5) is 0 Å². The molecule has 0 heterocycles. The maximum absolute atomic E-state index is 6.26. The van der Waals surface area contributed by atoms with E-state index in [4.69, 9.17) is 16.3 Å². The molecule has 0 aliphatic heterocycles. The van der Waals surface area contributed by atoms with E-state index < -0.39 is 0 Å². The van der Waals surface area contributed by atoms with Gasteiger partial charge in [0.25, 0.3) is 0 Å². The van der Waals surface area contributed by atoms with Crippen LogP contribution in [0, 0.1) is 11.8 Å². The highest BCUT2D eigenvalue weighted by Crippen LogP contribution is 2.22. The summed E-state index contributed by atoms with van der Waals surface area (Å²) in [6.07, 6.45) is 7.27. The number of hydrogen-bond donors (Lipinski definition) is 0. The summed E-state index contributed by atoms with van der Waals surface area (Å²) in [5.41, 5.74) is -0.0920. The maximum atomic E-state index is 6.26. The van der Waals surface area contributed by atoms with Gasteiger partial charge in [0.2, 0.25) is 0 Å². The van der Waals surface area contributed by atoms with E-state index in [9.17, 15) is 0 Å². The molecule has 0 spiro atoms. The monoisotopic (exact) mass is 248 g/mol. The predicted molar refractivity (Wildman–Crippen MR) is 73.0 cm³/mol. The van der Waals surface area contributed by atoms with Crippen molar-refractivity contribution in [2.24, 2.45) is 11.8 Å². The highest BCUT2D eigenvalue weighted by molar-refractivity contribution is 6.19. The minimum absolute atomic E-state index is 0.0920. The van der Waals surface area contributed by atoms with Crippen molar-refractivity contribution in [1.29, 1.82) is 0 Å². The van der Waals surface area contributed by atoms with Crippen molar-refractivity contribution >= 4 is 11.6 Å². The molecule has 0 bridgehead atoms. The predicted octanol–water partition coefficient (Wildman–Crippen LogP) is 5.22. The molecule has 0 N–H and O–H groups in total. The van der Waals surface area contributed by atoms with Gasteiger partial charge >= 0.3 is 0 Å². The Morgan fingerprint density at radius 3 is 2.06 bits per heavy atom. The van der Waals surface area contributed by atoms with Gasteiger partial charge in [-0.1, -0.05) is 58.6 Å². The van der Waals surface area contributed by atoms with Gasteiger partial charge in [-0.2, -0.15) is 0 Å². The first-order chi connectivity index (χ1) is 7.69. The minimum atomic E-state index is -0.0920. The zero-order chi connectivity index (χ0) is 12.4. The van der Waals surface area contributed by atoms with E-state index >= 15 is 0 Å². The SMILES string of the molecule is CCCCC(CC)COC(Cl)C(CC)CC. The summed E-state index contributed by atoms with van der Waals surface area (Å²) >= 11 is 6.26. The number of ether oxygens (including phenoxy) is 1. The molecule has 0 radical (unpaired) electrons. The fourth-order valence-electron chi connectivity index (χ4n) is 1.92. The van der Waals surface area contributed by atoms with E-state index in [2.05, 4.69) is 27.7 Å². The van der Waals surface area contributed by atoms with Gasteiger partial charge in [-0.3, -0.25) is 0 Å². The Kier molecular flexibility index (Phi) is 10.6. The smallest absolute Gasteiger partial charge is 0.133 e. The molecule has 2 heteroatoms. The molecule has 0 saturated heterocycles. The molecule has 16 heavy (non-hydrogen) atoms. The molecule has 0 amide bonds. The van der Waals surface area contributed by atoms with Crippen LogP contribution in [-0.4, -0.2) is 12.2 Å². The second kappa shape index (κ2) is 10.4. The molecule has 0 aliphatic carbocycles. The highest BCUT2D eigenvalue weighted by atomic mass is 35.5. The van der Waals surface area contributed by atoms with Crippen molar-refractivity contribution in [2.75, 3.05) is 6.61 Å². The van der Waals surface area contributed by atoms with E-state index in [-0.39, 0.29) is 5.56 Å². The number of halogens is 1. The lowest BCUT2D eigenvalue weighted by Gasteiger charge is -2.22. The van der Waals surface area contributed by atoms with Crippen LogP contribution in [0.25, 0.3) is 0 Å². The van der Waals surface area contributed by atoms with Crippen molar-refractivity contribution in [2.45, 2.75) is 71.8 Å². The van der Waals surface area contributed by atoms with Crippen LogP contribution in [0.2, 0.25) is 0 Å². The van der Waals surface area contributed by atoms with Gasteiger partial charge in [0, 0.05) is 0 Å². The fraction of sp³-hybridized carbons (Fsp3) is 1.00. The van der Waals surface area contributed by atoms with Crippen LogP contribution in [-0.2, 0) is 4.74 Å². The first-order valence-electron chi connectivity index (χ1n) is 6.95. The molecule has 1 nitrogen and oxygen atoms in total. The van der Waals surface area contributed by atoms with Crippen LogP contribution in [0.15, 0.2) is 0 Å². The molecule has 0 aliphatic rings. The van der Waals surface area contributed by atoms with Gasteiger partial charge < -0.3 is 4.74 Å². The third kappa shape index (κ3) is 6.75. The molecular formula is C14H29ClO. The molecule has 0 fully saturated rings. The zero-order valence-corrected chi connectivity index (χ0v) is 12.2. The summed E-state index contributed by atoms with van der Waals surface area (Å²) in [6.45, 7) is 9.68. The summed E-state index contributed by atoms with van der Waals surface area (Å²) in [6, 6.07) is 0. The fourth-order valence-corrected chi connectivity index (χ4v) is 2.35. The Labute approximate surface area is 107 Å². The van der Waals surface area contributed by atoms with E-state index in [1.807, 2.05) is 0 Å². The van der Waals surface area contributed by atoms with E-state index in [0.29, 0.717) is 11.8 Å². The third-order valence-electron chi connectivity index (χ3n) is 3.45. The number of unbranched alkanes of at least 4 members (excludes halogenated alkanes) is 1. The summed E-state index contributed by atoms with van der Waals surface area (Å²) in [4.78, 5) is 0. The minimum Gasteiger partial charge on any atom is -0.362 e. The number of rotatable bonds is 10. The van der Waals surface area contributed by atoms with E-state index in [1.54, 1.807) is 0 Å². The number of alkyl halides is 1. The Bertz CT molecular complexity index is 146. The third-order valence-corrected chi connectivity index (χ3v) is 3.94. The second-order valence-corrected chi connectivity index (χ2v) is 5.11. The van der Waals surface area contributed by atoms with Crippen molar-refractivity contribution < 1.29 is 4.74 Å². The molecule has 98 valence electrons. The van der Waals surface area contributed by atoms with Gasteiger partial charge in [0.05, 0.1) is 6.61 Å². The van der Waals surface area contributed by atoms with E-state index in [1.165, 1.54) is 25.7 Å². The largest absolute Gasteiger partial charge is 0.362 e. The lowest BCUT2D eigenvalue weighted by atomic mass is 10.0. The van der Waals surface area contributed by atoms with Crippen molar-refractivity contribution in [3.8, 4) is 0 Å². The van der Waals surface area contributed by atoms with Crippen LogP contribution >= 0.6 is 11.6 Å². The Morgan fingerprint density at radius 2 is 1.62 bits per heavy atom. The Balaban J connectivity index is 3.81. The molecular weight excluding hydrogens is 220 g/mol. The molecule has 2 unspecified atom stereocenters.